The van der Waals surface area contributed by atoms with Gasteiger partial charge in [0.1, 0.15) is 23.4 Å². The number of halogens is 1. The Labute approximate surface area is 212 Å². The predicted octanol–water partition coefficient (Wildman–Crippen LogP) is 3.66. The second kappa shape index (κ2) is 13.2. The lowest BCUT2D eigenvalue weighted by molar-refractivity contribution is 0.182. The summed E-state index contributed by atoms with van der Waals surface area (Å²) in [5.41, 5.74) is 2.82. The van der Waals surface area contributed by atoms with E-state index in [0.717, 1.165) is 42.9 Å². The van der Waals surface area contributed by atoms with Crippen LogP contribution in [0.3, 0.4) is 0 Å². The van der Waals surface area contributed by atoms with Crippen LogP contribution in [-0.2, 0) is 6.54 Å². The highest BCUT2D eigenvalue weighted by molar-refractivity contribution is 14.0. The molecule has 0 aliphatic heterocycles. The molecule has 0 bridgehead atoms. The quantitative estimate of drug-likeness (QED) is 0.150. The molecule has 2 aromatic carbocycles. The van der Waals surface area contributed by atoms with Crippen LogP contribution in [0.1, 0.15) is 30.8 Å². The zero-order valence-corrected chi connectivity index (χ0v) is 22.0. The number of benzene rings is 2. The minimum Gasteiger partial charge on any atom is -0.497 e. The van der Waals surface area contributed by atoms with Crippen molar-refractivity contribution in [1.29, 1.82) is 0 Å². The maximum atomic E-state index is 10.7. The summed E-state index contributed by atoms with van der Waals surface area (Å²) in [6.07, 6.45) is 0.105. The van der Waals surface area contributed by atoms with Gasteiger partial charge in [-0.05, 0) is 50.6 Å². The van der Waals surface area contributed by atoms with E-state index in [1.54, 1.807) is 32.4 Å². The Hall–Kier alpha value is -2.53. The van der Waals surface area contributed by atoms with Crippen LogP contribution in [0.4, 0.5) is 0 Å². The molecule has 33 heavy (non-hydrogen) atoms. The molecule has 1 aromatic heterocycles. The zero-order valence-electron chi connectivity index (χ0n) is 19.7. The minimum atomic E-state index is -0.810. The van der Waals surface area contributed by atoms with Crippen molar-refractivity contribution in [2.24, 2.45) is 4.99 Å². The highest BCUT2D eigenvalue weighted by Crippen LogP contribution is 2.29. The Morgan fingerprint density at radius 2 is 1.94 bits per heavy atom. The Morgan fingerprint density at radius 1 is 1.15 bits per heavy atom. The zero-order chi connectivity index (χ0) is 22.9. The SMILES string of the molecule is CCNC(=NCC(O)c1cc(OC)ccc1OC)NCCCn1c(C)nc2ccccc21.I. The highest BCUT2D eigenvalue weighted by atomic mass is 127. The van der Waals surface area contributed by atoms with Crippen molar-refractivity contribution < 1.29 is 14.6 Å². The van der Waals surface area contributed by atoms with Gasteiger partial charge in [0.05, 0.1) is 31.8 Å². The first-order valence-corrected chi connectivity index (χ1v) is 10.9. The lowest BCUT2D eigenvalue weighted by Gasteiger charge is -2.16. The lowest BCUT2D eigenvalue weighted by atomic mass is 10.1. The van der Waals surface area contributed by atoms with Gasteiger partial charge in [-0.1, -0.05) is 12.1 Å². The summed E-state index contributed by atoms with van der Waals surface area (Å²) in [5.74, 6) is 2.95. The number of aromatic nitrogens is 2. The fraction of sp³-hybridized carbons (Fsp3) is 0.417. The Balaban J connectivity index is 0.00000385. The summed E-state index contributed by atoms with van der Waals surface area (Å²) in [4.78, 5) is 9.17. The molecule has 3 N–H and O–H groups in total. The summed E-state index contributed by atoms with van der Waals surface area (Å²) in [6, 6.07) is 13.5. The molecule has 3 aromatic rings. The van der Waals surface area contributed by atoms with Crippen molar-refractivity contribution in [3.8, 4) is 11.5 Å². The third-order valence-electron chi connectivity index (χ3n) is 5.26. The molecule has 0 saturated heterocycles. The number of nitrogens with one attached hydrogen (secondary N) is 2. The summed E-state index contributed by atoms with van der Waals surface area (Å²) in [5, 5.41) is 17.3. The topological polar surface area (TPSA) is 92.9 Å². The van der Waals surface area contributed by atoms with E-state index >= 15 is 0 Å². The van der Waals surface area contributed by atoms with Gasteiger partial charge in [-0.2, -0.15) is 0 Å². The molecule has 180 valence electrons. The number of hydrogen-bond acceptors (Lipinski definition) is 5. The van der Waals surface area contributed by atoms with Crippen molar-refractivity contribution in [2.75, 3.05) is 33.9 Å². The predicted molar refractivity (Wildman–Crippen MR) is 143 cm³/mol. The minimum absolute atomic E-state index is 0. The summed E-state index contributed by atoms with van der Waals surface area (Å²) in [7, 11) is 3.18. The van der Waals surface area contributed by atoms with E-state index < -0.39 is 6.10 Å². The van der Waals surface area contributed by atoms with E-state index in [1.807, 2.05) is 32.0 Å². The first-order chi connectivity index (χ1) is 15.6. The number of aliphatic hydroxyl groups excluding tert-OH is 1. The molecular formula is C24H34IN5O3. The lowest BCUT2D eigenvalue weighted by Crippen LogP contribution is -2.38. The van der Waals surface area contributed by atoms with E-state index in [4.69, 9.17) is 9.47 Å². The number of fused-ring (bicyclic) bond motifs is 1. The van der Waals surface area contributed by atoms with Gasteiger partial charge < -0.3 is 29.8 Å². The van der Waals surface area contributed by atoms with Crippen LogP contribution in [-0.4, -0.2) is 54.5 Å². The molecule has 8 nitrogen and oxygen atoms in total. The van der Waals surface area contributed by atoms with Crippen molar-refractivity contribution >= 4 is 41.0 Å². The Kier molecular flexibility index (Phi) is 10.7. The molecule has 0 aliphatic carbocycles. The number of guanidine groups is 1. The first kappa shape index (κ1) is 26.7. The summed E-state index contributed by atoms with van der Waals surface area (Å²) < 4.78 is 12.9. The number of aryl methyl sites for hydroxylation is 2. The molecule has 1 unspecified atom stereocenters. The number of ether oxygens (including phenoxy) is 2. The van der Waals surface area contributed by atoms with Crippen LogP contribution in [0.5, 0.6) is 11.5 Å². The van der Waals surface area contributed by atoms with Crippen molar-refractivity contribution in [1.82, 2.24) is 20.2 Å². The molecule has 0 fully saturated rings. The van der Waals surface area contributed by atoms with Crippen LogP contribution in [0.15, 0.2) is 47.5 Å². The monoisotopic (exact) mass is 567 g/mol. The Bertz CT molecular complexity index is 1050. The fourth-order valence-corrected chi connectivity index (χ4v) is 3.64. The molecule has 0 radical (unpaired) electrons. The third-order valence-corrected chi connectivity index (χ3v) is 5.26. The molecule has 0 spiro atoms. The van der Waals surface area contributed by atoms with Gasteiger partial charge in [-0.15, -0.1) is 24.0 Å². The fourth-order valence-electron chi connectivity index (χ4n) is 3.64. The van der Waals surface area contributed by atoms with Gasteiger partial charge in [0.25, 0.3) is 0 Å². The molecule has 1 heterocycles. The van der Waals surface area contributed by atoms with Crippen LogP contribution < -0.4 is 20.1 Å². The van der Waals surface area contributed by atoms with Crippen LogP contribution in [0.2, 0.25) is 0 Å². The number of imidazole rings is 1. The van der Waals surface area contributed by atoms with Crippen molar-refractivity contribution in [2.45, 2.75) is 32.9 Å². The van der Waals surface area contributed by atoms with Gasteiger partial charge in [0.15, 0.2) is 5.96 Å². The van der Waals surface area contributed by atoms with Gasteiger partial charge in [-0.25, -0.2) is 4.98 Å². The van der Waals surface area contributed by atoms with Gasteiger partial charge in [-0.3, -0.25) is 4.99 Å². The molecule has 0 amide bonds. The summed E-state index contributed by atoms with van der Waals surface area (Å²) in [6.45, 7) is 6.59. The maximum absolute atomic E-state index is 10.7. The molecule has 1 atom stereocenters. The highest BCUT2D eigenvalue weighted by Gasteiger charge is 2.15. The van der Waals surface area contributed by atoms with E-state index in [1.165, 1.54) is 0 Å². The van der Waals surface area contributed by atoms with E-state index in [-0.39, 0.29) is 30.5 Å². The molecule has 9 heteroatoms. The van der Waals surface area contributed by atoms with Crippen molar-refractivity contribution in [3.05, 3.63) is 53.9 Å². The van der Waals surface area contributed by atoms with Crippen LogP contribution in [0.25, 0.3) is 11.0 Å². The first-order valence-electron chi connectivity index (χ1n) is 10.9. The standard InChI is InChI=1S/C24H33N5O3.HI/c1-5-25-24(27-16-22(30)19-15-18(31-3)11-12-23(19)32-4)26-13-8-14-29-17(2)28-20-9-6-7-10-21(20)29;/h6-7,9-12,15,22,30H,5,8,13-14,16H2,1-4H3,(H2,25,26,27);1H. The number of methoxy groups -OCH3 is 2. The average molecular weight is 567 g/mol. The maximum Gasteiger partial charge on any atom is 0.191 e. The second-order valence-electron chi connectivity index (χ2n) is 7.42. The number of hydrogen-bond donors (Lipinski definition) is 3. The van der Waals surface area contributed by atoms with Gasteiger partial charge >= 0.3 is 0 Å². The van der Waals surface area contributed by atoms with E-state index in [9.17, 15) is 5.11 Å². The van der Waals surface area contributed by atoms with Gasteiger partial charge in [0.2, 0.25) is 0 Å². The van der Waals surface area contributed by atoms with Crippen LogP contribution in [0, 0.1) is 6.92 Å². The molecule has 0 saturated carbocycles. The number of para-hydroxylation sites is 2. The Morgan fingerprint density at radius 3 is 2.67 bits per heavy atom. The average Bonchev–Trinajstić information content (AvgIpc) is 3.14. The smallest absolute Gasteiger partial charge is 0.191 e. The van der Waals surface area contributed by atoms with Crippen molar-refractivity contribution in [3.63, 3.8) is 0 Å². The van der Waals surface area contributed by atoms with Gasteiger partial charge in [0, 0.05) is 25.2 Å². The molecule has 0 aliphatic rings. The number of nitrogens with zero attached hydrogens (tertiary/aromatic N) is 3. The number of aliphatic imine (C=N–C) groups is 1. The number of aliphatic hydroxyl groups is 1. The normalized spacial score (nSPS) is 12.2. The molecular weight excluding hydrogens is 533 g/mol. The summed E-state index contributed by atoms with van der Waals surface area (Å²) >= 11 is 0. The third kappa shape index (κ3) is 6.97. The second-order valence-corrected chi connectivity index (χ2v) is 7.42. The largest absolute Gasteiger partial charge is 0.497 e. The van der Waals surface area contributed by atoms with E-state index in [0.29, 0.717) is 23.0 Å². The van der Waals surface area contributed by atoms with Crippen LogP contribution >= 0.6 is 24.0 Å². The number of rotatable bonds is 10. The van der Waals surface area contributed by atoms with E-state index in [2.05, 4.69) is 31.2 Å². The molecule has 3 rings (SSSR count).